The molecule has 1 spiro atoms. The monoisotopic (exact) mass is 444 g/mol. The Hall–Kier alpha value is -4.18. The fourth-order valence-electron chi connectivity index (χ4n) is 5.41. The van der Waals surface area contributed by atoms with Gasteiger partial charge in [0, 0.05) is 24.3 Å². The Balaban J connectivity index is 1.70. The van der Waals surface area contributed by atoms with Crippen molar-refractivity contribution in [3.63, 3.8) is 0 Å². The first kappa shape index (κ1) is 19.3. The molecule has 34 heavy (non-hydrogen) atoms. The second kappa shape index (κ2) is 6.67. The zero-order chi connectivity index (χ0) is 22.9. The zero-order valence-corrected chi connectivity index (χ0v) is 19.1. The van der Waals surface area contributed by atoms with Crippen molar-refractivity contribution < 1.29 is 18.6 Å². The molecule has 4 bridgehead atoms. The van der Waals surface area contributed by atoms with E-state index in [4.69, 9.17) is 9.47 Å². The second-order valence-electron chi connectivity index (χ2n) is 9.48. The van der Waals surface area contributed by atoms with Gasteiger partial charge in [0.15, 0.2) is 17.7 Å². The van der Waals surface area contributed by atoms with Crippen molar-refractivity contribution >= 4 is 23.3 Å². The van der Waals surface area contributed by atoms with Crippen LogP contribution in [0.4, 0.5) is 11.4 Å². The highest BCUT2D eigenvalue weighted by molar-refractivity contribution is 6.07. The number of hydrogen-bond acceptors (Lipinski definition) is 2. The molecule has 0 fully saturated rings. The van der Waals surface area contributed by atoms with Crippen LogP contribution in [0, 0.1) is 0 Å². The molecule has 0 aromatic heterocycles. The minimum atomic E-state index is -1.27. The summed E-state index contributed by atoms with van der Waals surface area (Å²) in [6, 6.07) is 34.2. The topological polar surface area (TPSA) is 24.5 Å². The van der Waals surface area contributed by atoms with Crippen LogP contribution in [-0.2, 0) is 5.41 Å². The molecule has 4 aromatic carbocycles. The van der Waals surface area contributed by atoms with E-state index in [1.807, 2.05) is 36.4 Å². The van der Waals surface area contributed by atoms with E-state index in [0.29, 0.717) is 0 Å². The third-order valence-electron chi connectivity index (χ3n) is 7.08. The Labute approximate surface area is 198 Å². The van der Waals surface area contributed by atoms with Crippen LogP contribution in [0.5, 0.6) is 11.5 Å². The molecule has 0 unspecified atom stereocenters. The van der Waals surface area contributed by atoms with Crippen LogP contribution in [0.2, 0.25) is 0 Å². The van der Waals surface area contributed by atoms with Gasteiger partial charge in [0.1, 0.15) is 0 Å². The van der Waals surface area contributed by atoms with Crippen molar-refractivity contribution in [1.29, 1.82) is 0 Å². The molecule has 3 aliphatic heterocycles. The quantitative estimate of drug-likeness (QED) is 0.356. The first-order chi connectivity index (χ1) is 16.6. The molecular weight excluding hydrogens is 420 g/mol. The van der Waals surface area contributed by atoms with E-state index in [9.17, 15) is 0 Å². The first-order valence-electron chi connectivity index (χ1n) is 11.6. The molecular formula is C30H24N2O2+2. The molecule has 4 aromatic rings. The fraction of sp³-hybridized carbons (Fsp3) is 0.133. The second-order valence-corrected chi connectivity index (χ2v) is 9.48. The molecule has 7 rings (SSSR count). The SMILES string of the molecule is CC1(C)C2=[N+](c3ccccc3)[C@@]3(Oc4cc1ccc4C=[N+]3c1ccccc1)Oc1ccccc12. The minimum absolute atomic E-state index is 0.322. The Kier molecular flexibility index (Phi) is 3.79. The van der Waals surface area contributed by atoms with Crippen molar-refractivity contribution in [3.05, 3.63) is 120 Å². The Morgan fingerprint density at radius 2 is 1.29 bits per heavy atom. The minimum Gasteiger partial charge on any atom is -0.340 e. The van der Waals surface area contributed by atoms with Gasteiger partial charge in [-0.25, -0.2) is 0 Å². The van der Waals surface area contributed by atoms with Gasteiger partial charge in [-0.1, -0.05) is 59.2 Å². The van der Waals surface area contributed by atoms with E-state index >= 15 is 0 Å². The lowest BCUT2D eigenvalue weighted by molar-refractivity contribution is -0.857. The van der Waals surface area contributed by atoms with Crippen molar-refractivity contribution in [2.75, 3.05) is 0 Å². The summed E-state index contributed by atoms with van der Waals surface area (Å²) < 4.78 is 18.2. The van der Waals surface area contributed by atoms with Crippen LogP contribution < -0.4 is 9.47 Å². The molecule has 4 heteroatoms. The highest BCUT2D eigenvalue weighted by atomic mass is 16.7. The van der Waals surface area contributed by atoms with Crippen molar-refractivity contribution in [1.82, 2.24) is 0 Å². The Bertz CT molecular complexity index is 1520. The van der Waals surface area contributed by atoms with E-state index in [1.165, 1.54) is 5.56 Å². The third-order valence-corrected chi connectivity index (χ3v) is 7.08. The largest absolute Gasteiger partial charge is 0.715 e. The normalized spacial score (nSPS) is 20.9. The molecule has 0 amide bonds. The lowest BCUT2D eigenvalue weighted by Crippen LogP contribution is -2.65. The van der Waals surface area contributed by atoms with E-state index < -0.39 is 6.03 Å². The summed E-state index contributed by atoms with van der Waals surface area (Å²) >= 11 is 0. The van der Waals surface area contributed by atoms with Crippen LogP contribution in [0.3, 0.4) is 0 Å². The summed E-state index contributed by atoms with van der Waals surface area (Å²) in [5.74, 6) is 1.62. The van der Waals surface area contributed by atoms with Gasteiger partial charge in [0.2, 0.25) is 17.1 Å². The number of para-hydroxylation sites is 3. The van der Waals surface area contributed by atoms with Gasteiger partial charge >= 0.3 is 6.03 Å². The lowest BCUT2D eigenvalue weighted by atomic mass is 9.75. The first-order valence-corrected chi connectivity index (χ1v) is 11.6. The number of ether oxygens (including phenoxy) is 2. The van der Waals surface area contributed by atoms with Crippen LogP contribution in [-0.4, -0.2) is 27.1 Å². The predicted octanol–water partition coefficient (Wildman–Crippen LogP) is 5.97. The number of hydrogen-bond donors (Lipinski definition) is 0. The maximum atomic E-state index is 6.93. The van der Waals surface area contributed by atoms with Crippen LogP contribution >= 0.6 is 0 Å². The van der Waals surface area contributed by atoms with Gasteiger partial charge in [-0.2, -0.15) is 0 Å². The Morgan fingerprint density at radius 1 is 0.647 bits per heavy atom. The van der Waals surface area contributed by atoms with Crippen molar-refractivity contribution in [2.24, 2.45) is 0 Å². The number of benzene rings is 4. The fourth-order valence-corrected chi connectivity index (χ4v) is 5.41. The van der Waals surface area contributed by atoms with Gasteiger partial charge in [0.25, 0.3) is 0 Å². The maximum absolute atomic E-state index is 6.93. The standard InChI is InChI=1S/C30H24N2O2/c1-29(2)22-18-17-21-20-31(23-11-5-3-6-12-23)30(34-27(21)19-22)32(24-13-7-4-8-14-24)28(29)25-15-9-10-16-26(25)33-30/h3-20H,1-2H3/q+2/t30-/m1/s1. The maximum Gasteiger partial charge on any atom is 0.715 e. The van der Waals surface area contributed by atoms with E-state index in [0.717, 1.165) is 39.7 Å². The molecule has 1 atom stereocenters. The molecule has 0 aliphatic carbocycles. The van der Waals surface area contributed by atoms with Crippen LogP contribution in [0.15, 0.2) is 103 Å². The third kappa shape index (κ3) is 2.48. The van der Waals surface area contributed by atoms with Crippen molar-refractivity contribution in [2.45, 2.75) is 25.3 Å². The Morgan fingerprint density at radius 3 is 2.06 bits per heavy atom. The number of nitrogens with zero attached hydrogens (tertiary/aromatic N) is 2. The van der Waals surface area contributed by atoms with Crippen molar-refractivity contribution in [3.8, 4) is 11.5 Å². The van der Waals surface area contributed by atoms with Crippen LogP contribution in [0.25, 0.3) is 0 Å². The van der Waals surface area contributed by atoms with Gasteiger partial charge in [-0.15, -0.1) is 0 Å². The van der Waals surface area contributed by atoms with Gasteiger partial charge in [0.05, 0.1) is 16.5 Å². The zero-order valence-electron chi connectivity index (χ0n) is 19.1. The molecule has 0 radical (unpaired) electrons. The smallest absolute Gasteiger partial charge is 0.340 e. The highest BCUT2D eigenvalue weighted by Crippen LogP contribution is 2.47. The molecule has 164 valence electrons. The number of rotatable bonds is 2. The summed E-state index contributed by atoms with van der Waals surface area (Å²) in [5, 5.41) is 0. The summed E-state index contributed by atoms with van der Waals surface area (Å²) in [5.41, 5.74) is 6.09. The highest BCUT2D eigenvalue weighted by Gasteiger charge is 2.69. The van der Waals surface area contributed by atoms with Gasteiger partial charge in [-0.3, -0.25) is 0 Å². The average molecular weight is 445 g/mol. The molecule has 0 saturated carbocycles. The summed E-state index contributed by atoms with van der Waals surface area (Å²) in [4.78, 5) is 0. The van der Waals surface area contributed by atoms with E-state index in [1.54, 1.807) is 0 Å². The lowest BCUT2D eigenvalue weighted by Gasteiger charge is -2.38. The summed E-state index contributed by atoms with van der Waals surface area (Å²) in [7, 11) is 0. The average Bonchev–Trinajstić information content (AvgIpc) is 2.87. The predicted molar refractivity (Wildman–Crippen MR) is 132 cm³/mol. The summed E-state index contributed by atoms with van der Waals surface area (Å²) in [6.07, 6.45) is 2.14. The van der Waals surface area contributed by atoms with E-state index in [-0.39, 0.29) is 5.41 Å². The molecule has 0 N–H and O–H groups in total. The number of fused-ring (bicyclic) bond motifs is 3. The molecule has 3 aliphatic rings. The summed E-state index contributed by atoms with van der Waals surface area (Å²) in [6.45, 7) is 4.57. The molecule has 0 saturated heterocycles. The molecule has 4 nitrogen and oxygen atoms in total. The van der Waals surface area contributed by atoms with Crippen LogP contribution in [0.1, 0.15) is 30.5 Å². The van der Waals surface area contributed by atoms with E-state index in [2.05, 4.69) is 95.9 Å². The van der Waals surface area contributed by atoms with Gasteiger partial charge in [-0.05, 0) is 48.3 Å². The van der Waals surface area contributed by atoms with Gasteiger partial charge < -0.3 is 9.47 Å². The molecule has 3 heterocycles.